The Morgan fingerprint density at radius 2 is 1.77 bits per heavy atom. The van der Waals surface area contributed by atoms with Crippen molar-refractivity contribution in [3.8, 4) is 0 Å². The summed E-state index contributed by atoms with van der Waals surface area (Å²) in [5, 5.41) is 61.6. The number of carbonyl (C=O) groups excluding carboxylic acids is 2. The van der Waals surface area contributed by atoms with Crippen LogP contribution in [0, 0.1) is 5.92 Å². The Bertz CT molecular complexity index is 2070. The van der Waals surface area contributed by atoms with Gasteiger partial charge in [-0.1, -0.05) is 70.5 Å². The number of aromatic nitrogens is 3. The minimum Gasteiger partial charge on any atom is -0.432 e. The van der Waals surface area contributed by atoms with Crippen molar-refractivity contribution in [3.63, 3.8) is 0 Å². The van der Waals surface area contributed by atoms with Crippen LogP contribution in [0.5, 0.6) is 0 Å². The summed E-state index contributed by atoms with van der Waals surface area (Å²) < 4.78 is 14.5. The Morgan fingerprint density at radius 3 is 2.48 bits per heavy atom. The molecule has 10 atom stereocenters. The maximum absolute atomic E-state index is 14.9. The average molecular weight is 853 g/mol. The van der Waals surface area contributed by atoms with E-state index in [0.29, 0.717) is 41.2 Å². The predicted octanol–water partition coefficient (Wildman–Crippen LogP) is 2.34. The molecule has 2 amide bonds. The number of carbonyl (C=O) groups is 2. The van der Waals surface area contributed by atoms with E-state index in [-0.39, 0.29) is 30.5 Å². The zero-order chi connectivity index (χ0) is 40.1. The van der Waals surface area contributed by atoms with Crippen molar-refractivity contribution in [1.29, 1.82) is 0 Å². The van der Waals surface area contributed by atoms with Crippen LogP contribution in [0.15, 0.2) is 83.5 Å². The monoisotopic (exact) mass is 851 g/mol. The van der Waals surface area contributed by atoms with Gasteiger partial charge < -0.3 is 50.0 Å². The number of fused-ring (bicyclic) bond motifs is 2. The number of hydrogen-bond acceptors (Lipinski definition) is 12. The van der Waals surface area contributed by atoms with E-state index >= 15 is 0 Å². The highest BCUT2D eigenvalue weighted by Crippen LogP contribution is 2.60. The summed E-state index contributed by atoms with van der Waals surface area (Å²) in [6, 6.07) is 21.9. The lowest BCUT2D eigenvalue weighted by molar-refractivity contribution is -0.274. The molecule has 4 heterocycles. The van der Waals surface area contributed by atoms with Gasteiger partial charge in [0, 0.05) is 39.9 Å². The molecule has 0 saturated carbocycles. The molecule has 1 spiro atoms. The van der Waals surface area contributed by atoms with Gasteiger partial charge in [0.15, 0.2) is 26.3 Å². The minimum absolute atomic E-state index is 0.103. The van der Waals surface area contributed by atoms with Crippen molar-refractivity contribution < 1.29 is 49.4 Å². The number of anilines is 2. The van der Waals surface area contributed by atoms with Crippen LogP contribution in [-0.4, -0.2) is 109 Å². The maximum Gasteiger partial charge on any atom is 0.264 e. The van der Waals surface area contributed by atoms with Crippen LogP contribution >= 0.6 is 15.9 Å². The number of rotatable bonds is 11. The number of aliphatic hydroxyl groups is 5. The number of halogens is 1. The van der Waals surface area contributed by atoms with Gasteiger partial charge in [0.05, 0.1) is 36.6 Å². The summed E-state index contributed by atoms with van der Waals surface area (Å²) in [7, 11) is -2.96. The second-order valence-corrected chi connectivity index (χ2v) is 20.3. The first kappa shape index (κ1) is 40.3. The van der Waals surface area contributed by atoms with Crippen molar-refractivity contribution in [2.45, 2.75) is 93.4 Å². The molecule has 0 radical (unpaired) electrons. The van der Waals surface area contributed by atoms with Crippen LogP contribution in [0.25, 0.3) is 0 Å². The zero-order valence-corrected chi connectivity index (χ0v) is 33.6. The molecule has 3 aliphatic heterocycles. The standard InChI is InChI=1S/C39H46BrN5O10Si/c1-21-35(56(2,3)53)30(14-15-44-19-28(42-43-44)26(20-46)23-9-5-4-6-10-23)55-39(21)27-17-24(40)12-13-29(27)45(38(39)52)18-22-8-7-11-25(16-22)41-36(50)34-32(48)31(47)33(49)37(51)54-34/h4-13,16-17,19,21,26,30-35,37,46-49,51,53H,14-15,18,20H2,1-3H3,(H,41,50)/t21-,26?,30+,31-,32-,33+,34-,35-,37+,39+/m0/s1. The minimum atomic E-state index is -2.96. The van der Waals surface area contributed by atoms with Crippen LogP contribution < -0.4 is 10.2 Å². The molecule has 7 rings (SSSR count). The third-order valence-electron chi connectivity index (χ3n) is 11.3. The average Bonchev–Trinajstić information content (AvgIpc) is 3.82. The Labute approximate surface area is 332 Å². The highest BCUT2D eigenvalue weighted by atomic mass is 79.9. The normalized spacial score (nSPS) is 29.5. The van der Waals surface area contributed by atoms with Gasteiger partial charge in [-0.2, -0.15) is 0 Å². The lowest BCUT2D eigenvalue weighted by Crippen LogP contribution is -2.60. The van der Waals surface area contributed by atoms with Crippen molar-refractivity contribution >= 4 is 47.4 Å². The maximum atomic E-state index is 14.9. The Balaban J connectivity index is 1.12. The van der Waals surface area contributed by atoms with E-state index in [9.17, 15) is 39.9 Å². The van der Waals surface area contributed by atoms with E-state index in [1.807, 2.05) is 74.7 Å². The van der Waals surface area contributed by atoms with Gasteiger partial charge in [0.25, 0.3) is 11.8 Å². The summed E-state index contributed by atoms with van der Waals surface area (Å²) in [6.07, 6.45) is -7.14. The smallest absolute Gasteiger partial charge is 0.264 e. The SMILES string of the molecule is C[C@H]1[C@H]([Si](C)(C)O)[C@@H](CCn2cc(C(CO)c3ccccc3)nn2)O[C@]12C(=O)N(Cc1cccc(NC(=O)[C@H]3O[C@@H](O)[C@H](O)[C@@H](O)[C@@H]3O)c1)c1ccc(Br)cc12. The highest BCUT2D eigenvalue weighted by Gasteiger charge is 2.66. The number of amides is 2. The van der Waals surface area contributed by atoms with E-state index in [0.717, 1.165) is 10.0 Å². The van der Waals surface area contributed by atoms with Crippen LogP contribution in [0.3, 0.4) is 0 Å². The van der Waals surface area contributed by atoms with E-state index in [1.165, 1.54) is 0 Å². The molecule has 0 bridgehead atoms. The largest absolute Gasteiger partial charge is 0.432 e. The first-order chi connectivity index (χ1) is 26.6. The molecule has 1 aromatic heterocycles. The lowest BCUT2D eigenvalue weighted by atomic mass is 9.82. The quantitative estimate of drug-likeness (QED) is 0.108. The van der Waals surface area contributed by atoms with Gasteiger partial charge >= 0.3 is 0 Å². The summed E-state index contributed by atoms with van der Waals surface area (Å²) in [5.41, 5.74) is 2.10. The molecule has 2 saturated heterocycles. The van der Waals surface area contributed by atoms with Crippen LogP contribution in [0.4, 0.5) is 11.4 Å². The third-order valence-corrected chi connectivity index (χ3v) is 14.3. The zero-order valence-electron chi connectivity index (χ0n) is 31.0. The molecule has 298 valence electrons. The number of nitrogens with zero attached hydrogens (tertiary/aromatic N) is 4. The number of aryl methyl sites for hydroxylation is 1. The first-order valence-electron chi connectivity index (χ1n) is 18.5. The fraction of sp³-hybridized carbons (Fsp3) is 0.436. The summed E-state index contributed by atoms with van der Waals surface area (Å²) >= 11 is 3.59. The number of aliphatic hydroxyl groups excluding tert-OH is 5. The molecule has 3 aromatic carbocycles. The fourth-order valence-corrected chi connectivity index (χ4v) is 11.6. The first-order valence-corrected chi connectivity index (χ1v) is 22.3. The van der Waals surface area contributed by atoms with Crippen LogP contribution in [-0.2, 0) is 37.8 Å². The molecule has 7 N–H and O–H groups in total. The molecule has 4 aromatic rings. The van der Waals surface area contributed by atoms with Crippen molar-refractivity contribution in [1.82, 2.24) is 15.0 Å². The summed E-state index contributed by atoms with van der Waals surface area (Å²) in [6.45, 7) is 6.06. The van der Waals surface area contributed by atoms with Crippen molar-refractivity contribution in [3.05, 3.63) is 106 Å². The Kier molecular flexibility index (Phi) is 11.4. The summed E-state index contributed by atoms with van der Waals surface area (Å²) in [4.78, 5) is 41.4. The van der Waals surface area contributed by atoms with Gasteiger partial charge in [0.1, 0.15) is 18.3 Å². The highest BCUT2D eigenvalue weighted by molar-refractivity contribution is 9.10. The second kappa shape index (κ2) is 15.8. The fourth-order valence-electron chi connectivity index (χ4n) is 8.59. The number of nitrogens with one attached hydrogen (secondary N) is 1. The van der Waals surface area contributed by atoms with Gasteiger partial charge in [-0.15, -0.1) is 5.10 Å². The molecular formula is C39H46BrN5O10Si. The molecule has 56 heavy (non-hydrogen) atoms. The molecule has 15 nitrogen and oxygen atoms in total. The number of hydrogen-bond donors (Lipinski definition) is 7. The Morgan fingerprint density at radius 1 is 1.02 bits per heavy atom. The second-order valence-electron chi connectivity index (χ2n) is 15.4. The van der Waals surface area contributed by atoms with Crippen LogP contribution in [0.2, 0.25) is 18.6 Å². The van der Waals surface area contributed by atoms with E-state index in [2.05, 4.69) is 31.6 Å². The van der Waals surface area contributed by atoms with Crippen molar-refractivity contribution in [2.75, 3.05) is 16.8 Å². The topological polar surface area (TPSA) is 220 Å². The number of benzene rings is 3. The van der Waals surface area contributed by atoms with Gasteiger partial charge in [-0.25, -0.2) is 0 Å². The lowest BCUT2D eigenvalue weighted by Gasteiger charge is -2.37. The van der Waals surface area contributed by atoms with E-state index in [1.54, 1.807) is 33.8 Å². The molecule has 1 unspecified atom stereocenters. The summed E-state index contributed by atoms with van der Waals surface area (Å²) in [5.74, 6) is -1.88. The van der Waals surface area contributed by atoms with Crippen LogP contribution in [0.1, 0.15) is 41.6 Å². The molecular weight excluding hydrogens is 806 g/mol. The Hall–Kier alpha value is -3.88. The van der Waals surface area contributed by atoms with Crippen molar-refractivity contribution in [2.24, 2.45) is 5.92 Å². The molecule has 17 heteroatoms. The number of ether oxygens (including phenoxy) is 2. The molecule has 0 aliphatic carbocycles. The third kappa shape index (κ3) is 7.37. The van der Waals surface area contributed by atoms with E-state index in [4.69, 9.17) is 9.47 Å². The van der Waals surface area contributed by atoms with E-state index < -0.39 is 62.6 Å². The molecule has 3 aliphatic rings. The van der Waals surface area contributed by atoms with Gasteiger partial charge in [0.2, 0.25) is 0 Å². The predicted molar refractivity (Wildman–Crippen MR) is 208 cm³/mol. The molecule has 2 fully saturated rings. The van der Waals surface area contributed by atoms with Gasteiger partial charge in [-0.05, 0) is 61.0 Å². The van der Waals surface area contributed by atoms with Gasteiger partial charge in [-0.3, -0.25) is 14.3 Å².